The van der Waals surface area contributed by atoms with Gasteiger partial charge in [-0.2, -0.15) is 0 Å². The molecule has 1 aromatic carbocycles. The maximum atomic E-state index is 12.4. The highest BCUT2D eigenvalue weighted by Crippen LogP contribution is 2.19. The van der Waals surface area contributed by atoms with Gasteiger partial charge in [0.2, 0.25) is 5.91 Å². The molecule has 2 aliphatic rings. The molecular weight excluding hydrogens is 358 g/mol. The number of nitrogens with two attached hydrogens (primary N) is 1. The van der Waals surface area contributed by atoms with E-state index in [0.29, 0.717) is 23.9 Å². The fourth-order valence-corrected chi connectivity index (χ4v) is 3.90. The zero-order valence-electron chi connectivity index (χ0n) is 16.4. The van der Waals surface area contributed by atoms with E-state index in [9.17, 15) is 14.4 Å². The molecule has 2 amide bonds. The van der Waals surface area contributed by atoms with Gasteiger partial charge in [0.15, 0.2) is 6.04 Å². The lowest BCUT2D eigenvalue weighted by Crippen LogP contribution is -3.03. The fraction of sp³-hybridized carbons (Fsp3) is 0.571. The lowest BCUT2D eigenvalue weighted by molar-refractivity contribution is -0.718. The van der Waals surface area contributed by atoms with Gasteiger partial charge in [-0.3, -0.25) is 9.59 Å². The summed E-state index contributed by atoms with van der Waals surface area (Å²) in [5, 5.41) is 7.95. The number of carbonyl (C=O) groups excluding carboxylic acids is 3. The van der Waals surface area contributed by atoms with Crippen LogP contribution < -0.4 is 16.0 Å². The third-order valence-corrected chi connectivity index (χ3v) is 5.50. The van der Waals surface area contributed by atoms with E-state index in [-0.39, 0.29) is 36.3 Å². The van der Waals surface area contributed by atoms with Gasteiger partial charge < -0.3 is 20.7 Å². The molecule has 1 aromatic rings. The minimum absolute atomic E-state index is 0.0523. The number of amides is 2. The molecule has 1 saturated heterocycles. The van der Waals surface area contributed by atoms with E-state index in [0.717, 1.165) is 32.1 Å². The standard InChI is InChI=1S/C21H29N3O4/c1-2-3-12-28-21(27)14-8-10-15(11-9-14)22-19(25)13-18-20(26)24-17-7-5-4-6-16(17)23-18/h8-11,16-18,23H,2-7,12-13H2,1H3,(H,22,25)(H,24,26)/p+1/t16-,17+,18-/m0/s1. The first kappa shape index (κ1) is 20.3. The van der Waals surface area contributed by atoms with Gasteiger partial charge in [-0.15, -0.1) is 0 Å². The number of benzene rings is 1. The largest absolute Gasteiger partial charge is 0.462 e. The van der Waals surface area contributed by atoms with Crippen molar-refractivity contribution in [3.05, 3.63) is 29.8 Å². The number of ether oxygens (including phenoxy) is 1. The van der Waals surface area contributed by atoms with Crippen molar-refractivity contribution in [1.29, 1.82) is 0 Å². The number of carbonyl (C=O) groups is 3. The first-order valence-corrected chi connectivity index (χ1v) is 10.3. The minimum Gasteiger partial charge on any atom is -0.462 e. The van der Waals surface area contributed by atoms with Crippen molar-refractivity contribution in [2.24, 2.45) is 0 Å². The molecule has 2 fully saturated rings. The Kier molecular flexibility index (Phi) is 7.03. The topological polar surface area (TPSA) is 101 Å². The van der Waals surface area contributed by atoms with E-state index in [1.807, 2.05) is 6.92 Å². The van der Waals surface area contributed by atoms with Crippen molar-refractivity contribution in [2.75, 3.05) is 11.9 Å². The molecule has 7 heteroatoms. The van der Waals surface area contributed by atoms with E-state index in [2.05, 4.69) is 16.0 Å². The van der Waals surface area contributed by atoms with Crippen LogP contribution in [0.4, 0.5) is 5.69 Å². The average Bonchev–Trinajstić information content (AvgIpc) is 2.69. The Labute approximate surface area is 165 Å². The molecule has 152 valence electrons. The number of quaternary nitrogens is 1. The van der Waals surface area contributed by atoms with Crippen LogP contribution >= 0.6 is 0 Å². The second-order valence-corrected chi connectivity index (χ2v) is 7.68. The minimum atomic E-state index is -0.382. The van der Waals surface area contributed by atoms with Crippen molar-refractivity contribution >= 4 is 23.5 Å². The summed E-state index contributed by atoms with van der Waals surface area (Å²) in [4.78, 5) is 36.6. The number of nitrogens with one attached hydrogen (secondary N) is 2. The SMILES string of the molecule is CCCCOC(=O)c1ccc(NC(=O)C[C@@H]2[NH2+][C@H]3CCCC[C@H]3NC2=O)cc1. The fourth-order valence-electron chi connectivity index (χ4n) is 3.90. The summed E-state index contributed by atoms with van der Waals surface area (Å²) < 4.78 is 5.17. The molecule has 0 unspecified atom stereocenters. The zero-order valence-corrected chi connectivity index (χ0v) is 16.4. The highest BCUT2D eigenvalue weighted by Gasteiger charge is 2.40. The van der Waals surface area contributed by atoms with Gasteiger partial charge in [-0.25, -0.2) is 4.79 Å². The number of piperazine rings is 1. The van der Waals surface area contributed by atoms with E-state index in [1.165, 1.54) is 6.42 Å². The highest BCUT2D eigenvalue weighted by molar-refractivity contribution is 5.96. The Morgan fingerprint density at radius 2 is 1.96 bits per heavy atom. The van der Waals surface area contributed by atoms with Crippen LogP contribution in [0.5, 0.6) is 0 Å². The van der Waals surface area contributed by atoms with Gasteiger partial charge in [-0.05, 0) is 43.5 Å². The smallest absolute Gasteiger partial charge is 0.338 e. The van der Waals surface area contributed by atoms with Crippen LogP contribution in [0.2, 0.25) is 0 Å². The summed E-state index contributed by atoms with van der Waals surface area (Å²) in [6, 6.07) is 6.86. The van der Waals surface area contributed by atoms with Crippen LogP contribution in [0.3, 0.4) is 0 Å². The number of rotatable bonds is 7. The first-order valence-electron chi connectivity index (χ1n) is 10.3. The molecule has 0 spiro atoms. The van der Waals surface area contributed by atoms with Crippen LogP contribution in [0.25, 0.3) is 0 Å². The summed E-state index contributed by atoms with van der Waals surface area (Å²) in [6.45, 7) is 2.45. The third kappa shape index (κ3) is 5.32. The maximum absolute atomic E-state index is 12.4. The van der Waals surface area contributed by atoms with Crippen molar-refractivity contribution in [3.8, 4) is 0 Å². The second kappa shape index (κ2) is 9.68. The van der Waals surface area contributed by atoms with E-state index in [4.69, 9.17) is 4.74 Å². The molecule has 1 heterocycles. The van der Waals surface area contributed by atoms with Crippen LogP contribution in [0.15, 0.2) is 24.3 Å². The van der Waals surface area contributed by atoms with Gasteiger partial charge in [0.1, 0.15) is 6.04 Å². The Morgan fingerprint density at radius 3 is 2.71 bits per heavy atom. The molecule has 4 N–H and O–H groups in total. The van der Waals surface area contributed by atoms with E-state index in [1.54, 1.807) is 24.3 Å². The second-order valence-electron chi connectivity index (χ2n) is 7.68. The Morgan fingerprint density at radius 1 is 1.21 bits per heavy atom. The van der Waals surface area contributed by atoms with Crippen molar-refractivity contribution in [2.45, 2.75) is 70.0 Å². The quantitative estimate of drug-likeness (QED) is 0.485. The molecule has 3 rings (SSSR count). The number of anilines is 1. The maximum Gasteiger partial charge on any atom is 0.338 e. The molecule has 1 saturated carbocycles. The van der Waals surface area contributed by atoms with Crippen molar-refractivity contribution < 1.29 is 24.4 Å². The van der Waals surface area contributed by atoms with Crippen LogP contribution in [0.1, 0.15) is 62.2 Å². The predicted octanol–water partition coefficient (Wildman–Crippen LogP) is 1.35. The summed E-state index contributed by atoms with van der Waals surface area (Å²) in [7, 11) is 0. The number of fused-ring (bicyclic) bond motifs is 1. The number of hydrogen-bond acceptors (Lipinski definition) is 4. The number of esters is 1. The van der Waals surface area contributed by atoms with Crippen LogP contribution in [0, 0.1) is 0 Å². The predicted molar refractivity (Wildman–Crippen MR) is 105 cm³/mol. The molecule has 0 bridgehead atoms. The molecule has 1 aliphatic heterocycles. The number of unbranched alkanes of at least 4 members (excludes halogenated alkanes) is 1. The highest BCUT2D eigenvalue weighted by atomic mass is 16.5. The summed E-state index contributed by atoms with van der Waals surface area (Å²) in [5.41, 5.74) is 1.05. The average molecular weight is 388 g/mol. The van der Waals surface area contributed by atoms with Gasteiger partial charge >= 0.3 is 5.97 Å². The molecule has 0 aromatic heterocycles. The van der Waals surface area contributed by atoms with Crippen LogP contribution in [-0.4, -0.2) is 42.5 Å². The Balaban J connectivity index is 1.49. The van der Waals surface area contributed by atoms with Gasteiger partial charge in [0.25, 0.3) is 5.91 Å². The summed E-state index contributed by atoms with van der Waals surface area (Å²) in [5.74, 6) is -0.616. The lowest BCUT2D eigenvalue weighted by Gasteiger charge is -2.37. The van der Waals surface area contributed by atoms with Crippen molar-refractivity contribution in [1.82, 2.24) is 5.32 Å². The van der Waals surface area contributed by atoms with E-state index < -0.39 is 0 Å². The van der Waals surface area contributed by atoms with Gasteiger partial charge in [0, 0.05) is 12.1 Å². The molecule has 3 atom stereocenters. The first-order chi connectivity index (χ1) is 13.6. The Hall–Kier alpha value is -2.41. The van der Waals surface area contributed by atoms with Gasteiger partial charge in [0.05, 0.1) is 24.6 Å². The molecule has 1 aliphatic carbocycles. The summed E-state index contributed by atoms with van der Waals surface area (Å²) in [6.07, 6.45) is 6.39. The molecular formula is C21H30N3O4+. The molecule has 7 nitrogen and oxygen atoms in total. The third-order valence-electron chi connectivity index (χ3n) is 5.50. The summed E-state index contributed by atoms with van der Waals surface area (Å²) >= 11 is 0. The van der Waals surface area contributed by atoms with Crippen molar-refractivity contribution in [3.63, 3.8) is 0 Å². The molecule has 28 heavy (non-hydrogen) atoms. The normalized spacial score (nSPS) is 24.0. The monoisotopic (exact) mass is 388 g/mol. The zero-order chi connectivity index (χ0) is 19.9. The van der Waals surface area contributed by atoms with E-state index >= 15 is 0 Å². The number of hydrogen-bond donors (Lipinski definition) is 3. The van der Waals surface area contributed by atoms with Gasteiger partial charge in [-0.1, -0.05) is 19.8 Å². The lowest BCUT2D eigenvalue weighted by atomic mass is 9.87. The molecule has 0 radical (unpaired) electrons. The van der Waals surface area contributed by atoms with Crippen LogP contribution in [-0.2, 0) is 14.3 Å². The Bertz CT molecular complexity index is 704.